The summed E-state index contributed by atoms with van der Waals surface area (Å²) in [7, 11) is 2.97. The lowest BCUT2D eigenvalue weighted by atomic mass is 9.90. The molecule has 1 fully saturated rings. The molecule has 0 unspecified atom stereocenters. The SMILES string of the molecule is COCC(N)=N[C@@H]1CCCC[C@@H]1Nc1nc(C(=O)NOC)nc2ccc(C)cc12.Cl.Cl. The van der Waals surface area contributed by atoms with Crippen molar-refractivity contribution in [2.24, 2.45) is 10.7 Å². The number of nitrogens with two attached hydrogens (primary N) is 1. The van der Waals surface area contributed by atoms with E-state index in [-0.39, 0.29) is 42.7 Å². The van der Waals surface area contributed by atoms with Crippen LogP contribution in [0, 0.1) is 6.92 Å². The summed E-state index contributed by atoms with van der Waals surface area (Å²) in [5.74, 6) is 0.633. The van der Waals surface area contributed by atoms with E-state index in [2.05, 4.69) is 25.8 Å². The van der Waals surface area contributed by atoms with E-state index in [9.17, 15) is 4.79 Å². The minimum absolute atomic E-state index is 0. The molecule has 2 atom stereocenters. The van der Waals surface area contributed by atoms with E-state index in [4.69, 9.17) is 15.3 Å². The third-order valence-electron chi connectivity index (χ3n) is 4.92. The second-order valence-corrected chi connectivity index (χ2v) is 7.21. The number of nitrogens with one attached hydrogen (secondary N) is 2. The lowest BCUT2D eigenvalue weighted by molar-refractivity contribution is 0.0527. The first kappa shape index (κ1) is 26.8. The average molecular weight is 473 g/mol. The summed E-state index contributed by atoms with van der Waals surface area (Å²) < 4.78 is 5.08. The number of methoxy groups -OCH3 is 1. The monoisotopic (exact) mass is 472 g/mol. The Hall–Kier alpha value is -2.20. The number of anilines is 1. The summed E-state index contributed by atoms with van der Waals surface area (Å²) in [6, 6.07) is 5.92. The predicted molar refractivity (Wildman–Crippen MR) is 126 cm³/mol. The maximum atomic E-state index is 12.2. The number of hydrogen-bond acceptors (Lipinski definition) is 7. The molecule has 0 spiro atoms. The molecule has 0 radical (unpaired) electrons. The molecule has 3 rings (SSSR count). The fourth-order valence-electron chi connectivity index (χ4n) is 3.60. The number of halogens is 2. The number of aromatic nitrogens is 2. The smallest absolute Gasteiger partial charge is 0.312 e. The molecule has 0 saturated heterocycles. The van der Waals surface area contributed by atoms with Crippen LogP contribution in [-0.2, 0) is 9.57 Å². The highest BCUT2D eigenvalue weighted by atomic mass is 35.5. The first-order valence-electron chi connectivity index (χ1n) is 9.71. The van der Waals surface area contributed by atoms with Gasteiger partial charge in [-0.2, -0.15) is 0 Å². The molecule has 0 aliphatic heterocycles. The number of aryl methyl sites for hydroxylation is 1. The van der Waals surface area contributed by atoms with Gasteiger partial charge in [-0.05, 0) is 31.9 Å². The molecular weight excluding hydrogens is 443 g/mol. The van der Waals surface area contributed by atoms with E-state index >= 15 is 0 Å². The Balaban J connectivity index is 0.00000240. The molecule has 1 aromatic heterocycles. The van der Waals surface area contributed by atoms with Gasteiger partial charge >= 0.3 is 5.91 Å². The third-order valence-corrected chi connectivity index (χ3v) is 4.92. The molecule has 1 amide bonds. The number of carbonyl (C=O) groups excluding carboxylic acids is 1. The summed E-state index contributed by atoms with van der Waals surface area (Å²) in [6.07, 6.45) is 4.05. The second-order valence-electron chi connectivity index (χ2n) is 7.21. The summed E-state index contributed by atoms with van der Waals surface area (Å²) in [4.78, 5) is 30.5. The molecule has 1 aromatic carbocycles. The number of fused-ring (bicyclic) bond motifs is 1. The number of aliphatic imine (C=N–C) groups is 1. The van der Waals surface area contributed by atoms with Crippen molar-refractivity contribution >= 4 is 53.3 Å². The van der Waals surface area contributed by atoms with Crippen molar-refractivity contribution in [3.05, 3.63) is 29.6 Å². The summed E-state index contributed by atoms with van der Waals surface area (Å²) in [6.45, 7) is 2.31. The molecule has 4 N–H and O–H groups in total. The van der Waals surface area contributed by atoms with E-state index in [1.807, 2.05) is 25.1 Å². The van der Waals surface area contributed by atoms with Crippen LogP contribution >= 0.6 is 24.8 Å². The van der Waals surface area contributed by atoms with E-state index in [1.165, 1.54) is 7.11 Å². The van der Waals surface area contributed by atoms with Crippen LogP contribution in [0.25, 0.3) is 10.9 Å². The minimum Gasteiger partial charge on any atom is -0.386 e. The Bertz CT molecular complexity index is 912. The molecule has 1 heterocycles. The number of hydrogen-bond donors (Lipinski definition) is 3. The van der Waals surface area contributed by atoms with Crippen molar-refractivity contribution in [1.29, 1.82) is 0 Å². The topological polar surface area (TPSA) is 124 Å². The number of ether oxygens (including phenoxy) is 1. The quantitative estimate of drug-likeness (QED) is 0.321. The van der Waals surface area contributed by atoms with Crippen LogP contribution in [-0.4, -0.2) is 54.6 Å². The highest BCUT2D eigenvalue weighted by Crippen LogP contribution is 2.28. The number of carbonyl (C=O) groups is 1. The van der Waals surface area contributed by atoms with Crippen LogP contribution in [0.3, 0.4) is 0 Å². The molecule has 11 heteroatoms. The van der Waals surface area contributed by atoms with Crippen molar-refractivity contribution in [2.45, 2.75) is 44.7 Å². The number of amidine groups is 1. The zero-order valence-electron chi connectivity index (χ0n) is 17.9. The molecule has 9 nitrogen and oxygen atoms in total. The molecule has 2 aromatic rings. The van der Waals surface area contributed by atoms with Crippen LogP contribution in [0.4, 0.5) is 5.82 Å². The molecule has 172 valence electrons. The maximum absolute atomic E-state index is 12.2. The second kappa shape index (κ2) is 12.6. The van der Waals surface area contributed by atoms with E-state index in [0.717, 1.165) is 36.6 Å². The maximum Gasteiger partial charge on any atom is 0.312 e. The van der Waals surface area contributed by atoms with Crippen molar-refractivity contribution in [3.63, 3.8) is 0 Å². The highest BCUT2D eigenvalue weighted by molar-refractivity contribution is 5.96. The van der Waals surface area contributed by atoms with Crippen LogP contribution < -0.4 is 16.5 Å². The van der Waals surface area contributed by atoms with E-state index in [0.29, 0.717) is 23.8 Å². The normalized spacial score (nSPS) is 18.6. The molecule has 31 heavy (non-hydrogen) atoms. The van der Waals surface area contributed by atoms with Crippen molar-refractivity contribution in [1.82, 2.24) is 15.4 Å². The zero-order valence-corrected chi connectivity index (χ0v) is 19.5. The number of rotatable bonds is 7. The fraction of sp³-hybridized carbons (Fsp3) is 0.500. The Morgan fingerprint density at radius 2 is 1.97 bits per heavy atom. The molecule has 1 saturated carbocycles. The lowest BCUT2D eigenvalue weighted by Gasteiger charge is -2.30. The van der Waals surface area contributed by atoms with Crippen molar-refractivity contribution < 1.29 is 14.4 Å². The average Bonchev–Trinajstić information content (AvgIpc) is 2.70. The third kappa shape index (κ3) is 6.90. The Morgan fingerprint density at radius 3 is 2.68 bits per heavy atom. The van der Waals surface area contributed by atoms with Crippen LogP contribution in [0.5, 0.6) is 0 Å². The van der Waals surface area contributed by atoms with Crippen LogP contribution in [0.15, 0.2) is 23.2 Å². The van der Waals surface area contributed by atoms with Gasteiger partial charge in [0.05, 0.1) is 18.7 Å². The van der Waals surface area contributed by atoms with Gasteiger partial charge in [0.2, 0.25) is 5.82 Å². The summed E-state index contributed by atoms with van der Waals surface area (Å²) in [5.41, 5.74) is 10.0. The van der Waals surface area contributed by atoms with Gasteiger partial charge in [-0.15, -0.1) is 24.8 Å². The molecular formula is C20H30Cl2N6O3. The van der Waals surface area contributed by atoms with E-state index < -0.39 is 5.91 Å². The minimum atomic E-state index is -0.499. The highest BCUT2D eigenvalue weighted by Gasteiger charge is 2.26. The van der Waals surface area contributed by atoms with Crippen LogP contribution in [0.1, 0.15) is 41.9 Å². The fourth-order valence-corrected chi connectivity index (χ4v) is 3.60. The number of benzene rings is 1. The van der Waals surface area contributed by atoms with Gasteiger partial charge in [0.1, 0.15) is 18.3 Å². The largest absolute Gasteiger partial charge is 0.386 e. The lowest BCUT2D eigenvalue weighted by Crippen LogP contribution is -2.38. The Kier molecular flexibility index (Phi) is 10.9. The Morgan fingerprint density at radius 1 is 1.23 bits per heavy atom. The van der Waals surface area contributed by atoms with Gasteiger partial charge < -0.3 is 15.8 Å². The summed E-state index contributed by atoms with van der Waals surface area (Å²) in [5, 5.41) is 4.37. The standard InChI is InChI=1S/C20H28N6O3.2ClH/c1-12-8-9-14-13(10-12)18(25-19(23-14)20(27)26-29-3)24-16-7-5-4-6-15(16)22-17(21)11-28-2;;/h8-10,15-16H,4-7,11H2,1-3H3,(H2,21,22)(H,26,27)(H,23,24,25);2*1H/t15-,16+;;/m1../s1. The van der Waals surface area contributed by atoms with Crippen molar-refractivity contribution in [2.75, 3.05) is 26.1 Å². The van der Waals surface area contributed by atoms with Gasteiger partial charge in [-0.3, -0.25) is 14.6 Å². The first-order chi connectivity index (χ1) is 14.0. The van der Waals surface area contributed by atoms with Gasteiger partial charge in [0, 0.05) is 18.5 Å². The van der Waals surface area contributed by atoms with E-state index in [1.54, 1.807) is 7.11 Å². The summed E-state index contributed by atoms with van der Waals surface area (Å²) >= 11 is 0. The molecule has 1 aliphatic carbocycles. The van der Waals surface area contributed by atoms with Gasteiger partial charge in [-0.1, -0.05) is 24.5 Å². The van der Waals surface area contributed by atoms with Crippen molar-refractivity contribution in [3.8, 4) is 0 Å². The Labute approximate surface area is 194 Å². The predicted octanol–water partition coefficient (Wildman–Crippen LogP) is 2.80. The van der Waals surface area contributed by atoms with Gasteiger partial charge in [0.15, 0.2) is 0 Å². The molecule has 1 aliphatic rings. The van der Waals surface area contributed by atoms with Gasteiger partial charge in [0.25, 0.3) is 0 Å². The number of nitrogens with zero attached hydrogens (tertiary/aromatic N) is 3. The number of amides is 1. The van der Waals surface area contributed by atoms with Crippen LogP contribution in [0.2, 0.25) is 0 Å². The van der Waals surface area contributed by atoms with Gasteiger partial charge in [-0.25, -0.2) is 15.4 Å². The first-order valence-corrected chi connectivity index (χ1v) is 9.71. The number of hydroxylamine groups is 1. The molecule has 0 bridgehead atoms. The zero-order chi connectivity index (χ0) is 20.8.